The van der Waals surface area contributed by atoms with Crippen LogP contribution in [-0.4, -0.2) is 25.8 Å². The first-order valence-corrected chi connectivity index (χ1v) is 10.4. The summed E-state index contributed by atoms with van der Waals surface area (Å²) in [4.78, 5) is 35.8. The first kappa shape index (κ1) is 24.3. The summed E-state index contributed by atoms with van der Waals surface area (Å²) in [5.41, 5.74) is 0.246. The van der Waals surface area contributed by atoms with Crippen LogP contribution in [-0.2, 0) is 6.18 Å². The number of hydrogen-bond donors (Lipinski definition) is 2. The molecule has 1 amide bonds. The Hall–Kier alpha value is -4.87. The molecule has 2 aromatic carbocycles. The van der Waals surface area contributed by atoms with Crippen LogP contribution in [0.2, 0.25) is 0 Å². The van der Waals surface area contributed by atoms with Crippen LogP contribution in [0.3, 0.4) is 0 Å². The molecule has 0 atom stereocenters. The van der Waals surface area contributed by atoms with Crippen LogP contribution in [0, 0.1) is 17.0 Å². The minimum absolute atomic E-state index is 0.0642. The summed E-state index contributed by atoms with van der Waals surface area (Å²) >= 11 is 0. The topological polar surface area (TPSA) is 123 Å². The van der Waals surface area contributed by atoms with Crippen LogP contribution in [0.5, 0.6) is 0 Å². The quantitative estimate of drug-likeness (QED) is 0.258. The SMILES string of the molecule is Cc1ccc(C(=O)Nc2cc(C(F)(F)F)ccc2[N+](=O)[O-])cc1Nc1ncccc1-c1ccncn1. The van der Waals surface area contributed by atoms with Gasteiger partial charge < -0.3 is 10.6 Å². The van der Waals surface area contributed by atoms with Crippen molar-refractivity contribution in [2.24, 2.45) is 0 Å². The fourth-order valence-electron chi connectivity index (χ4n) is 3.35. The Kier molecular flexibility index (Phi) is 6.59. The largest absolute Gasteiger partial charge is 0.416 e. The Labute approximate surface area is 202 Å². The number of carbonyl (C=O) groups excluding carboxylic acids is 1. The second-order valence-electron chi connectivity index (χ2n) is 7.59. The van der Waals surface area contributed by atoms with E-state index in [2.05, 4.69) is 25.6 Å². The van der Waals surface area contributed by atoms with E-state index in [0.29, 0.717) is 41.0 Å². The molecule has 0 saturated carbocycles. The number of hydrogen-bond acceptors (Lipinski definition) is 7. The Morgan fingerprint density at radius 3 is 2.50 bits per heavy atom. The monoisotopic (exact) mass is 494 g/mol. The van der Waals surface area contributed by atoms with Gasteiger partial charge in [0.2, 0.25) is 0 Å². The van der Waals surface area contributed by atoms with Gasteiger partial charge in [0, 0.05) is 35.3 Å². The van der Waals surface area contributed by atoms with Crippen LogP contribution in [0.4, 0.5) is 36.1 Å². The average molecular weight is 494 g/mol. The molecule has 4 aromatic rings. The van der Waals surface area contributed by atoms with E-state index in [9.17, 15) is 28.1 Å². The van der Waals surface area contributed by atoms with Gasteiger partial charge in [-0.15, -0.1) is 0 Å². The summed E-state index contributed by atoms with van der Waals surface area (Å²) in [5.74, 6) is -0.372. The standard InChI is InChI=1S/C24H17F3N6O3/c1-14-4-5-15(23(34)32-20-12-16(24(25,26)27)6-7-21(20)33(35)36)11-19(14)31-22-17(3-2-9-29-22)18-8-10-28-13-30-18/h2-13H,1H3,(H,29,31)(H,32,34). The van der Waals surface area contributed by atoms with Gasteiger partial charge in [0.1, 0.15) is 17.8 Å². The summed E-state index contributed by atoms with van der Waals surface area (Å²) in [6.45, 7) is 1.79. The van der Waals surface area contributed by atoms with Gasteiger partial charge in [-0.2, -0.15) is 13.2 Å². The number of nitro benzene ring substituents is 1. The maximum Gasteiger partial charge on any atom is 0.416 e. The van der Waals surface area contributed by atoms with E-state index in [1.165, 1.54) is 18.5 Å². The zero-order valence-electron chi connectivity index (χ0n) is 18.6. The molecule has 0 saturated heterocycles. The number of rotatable bonds is 6. The first-order chi connectivity index (χ1) is 17.1. The summed E-state index contributed by atoms with van der Waals surface area (Å²) in [6, 6.07) is 11.6. The number of halogens is 3. The fourth-order valence-corrected chi connectivity index (χ4v) is 3.35. The molecule has 0 aliphatic rings. The highest BCUT2D eigenvalue weighted by Gasteiger charge is 2.32. The van der Waals surface area contributed by atoms with Gasteiger partial charge in [0.15, 0.2) is 0 Å². The van der Waals surface area contributed by atoms with Crippen LogP contribution in [0.15, 0.2) is 73.3 Å². The van der Waals surface area contributed by atoms with Gasteiger partial charge in [-0.05, 0) is 55.0 Å². The molecule has 2 aromatic heterocycles. The Balaban J connectivity index is 1.65. The van der Waals surface area contributed by atoms with Crippen molar-refractivity contribution in [3.63, 3.8) is 0 Å². The predicted molar refractivity (Wildman–Crippen MR) is 126 cm³/mol. The molecule has 0 aliphatic carbocycles. The van der Waals surface area contributed by atoms with Gasteiger partial charge in [0.05, 0.1) is 16.2 Å². The van der Waals surface area contributed by atoms with E-state index < -0.39 is 33.9 Å². The molecule has 0 radical (unpaired) electrons. The zero-order chi connectivity index (χ0) is 25.9. The molecule has 182 valence electrons. The molecule has 9 nitrogen and oxygen atoms in total. The van der Waals surface area contributed by atoms with Gasteiger partial charge in [-0.3, -0.25) is 14.9 Å². The molecule has 0 unspecified atom stereocenters. The van der Waals surface area contributed by atoms with Crippen LogP contribution < -0.4 is 10.6 Å². The third-order valence-electron chi connectivity index (χ3n) is 5.19. The third-order valence-corrected chi connectivity index (χ3v) is 5.19. The maximum absolute atomic E-state index is 13.1. The lowest BCUT2D eigenvalue weighted by atomic mass is 10.1. The van der Waals surface area contributed by atoms with Crippen molar-refractivity contribution in [2.45, 2.75) is 13.1 Å². The Morgan fingerprint density at radius 1 is 1.00 bits per heavy atom. The highest BCUT2D eigenvalue weighted by atomic mass is 19.4. The number of aryl methyl sites for hydroxylation is 1. The number of aromatic nitrogens is 3. The summed E-state index contributed by atoms with van der Waals surface area (Å²) in [5, 5.41) is 16.7. The van der Waals surface area contributed by atoms with Crippen molar-refractivity contribution in [3.8, 4) is 11.3 Å². The number of nitrogens with one attached hydrogen (secondary N) is 2. The van der Waals surface area contributed by atoms with E-state index in [-0.39, 0.29) is 5.56 Å². The molecule has 2 N–H and O–H groups in total. The lowest BCUT2D eigenvalue weighted by Gasteiger charge is -2.14. The lowest BCUT2D eigenvalue weighted by Crippen LogP contribution is -2.15. The van der Waals surface area contributed by atoms with E-state index in [0.717, 1.165) is 5.56 Å². The number of amides is 1. The number of alkyl halides is 3. The number of benzene rings is 2. The molecule has 0 bridgehead atoms. The Morgan fingerprint density at radius 2 is 1.81 bits per heavy atom. The number of pyridine rings is 1. The number of carbonyl (C=O) groups is 1. The van der Waals surface area contributed by atoms with Gasteiger partial charge in [0.25, 0.3) is 11.6 Å². The average Bonchev–Trinajstić information content (AvgIpc) is 2.85. The molecule has 0 aliphatic heterocycles. The summed E-state index contributed by atoms with van der Waals surface area (Å²) in [7, 11) is 0. The second kappa shape index (κ2) is 9.78. The second-order valence-corrected chi connectivity index (χ2v) is 7.59. The van der Waals surface area contributed by atoms with Gasteiger partial charge >= 0.3 is 6.18 Å². The number of anilines is 3. The highest BCUT2D eigenvalue weighted by molar-refractivity contribution is 6.06. The van der Waals surface area contributed by atoms with Crippen molar-refractivity contribution in [1.82, 2.24) is 15.0 Å². The molecule has 12 heteroatoms. The minimum Gasteiger partial charge on any atom is -0.339 e. The van der Waals surface area contributed by atoms with Crippen molar-refractivity contribution in [3.05, 3.63) is 100 Å². The Bertz CT molecular complexity index is 1440. The normalized spacial score (nSPS) is 11.1. The summed E-state index contributed by atoms with van der Waals surface area (Å²) in [6.07, 6.45) is -0.178. The lowest BCUT2D eigenvalue weighted by molar-refractivity contribution is -0.384. The predicted octanol–water partition coefficient (Wildman–Crippen LogP) is 5.77. The van der Waals surface area contributed by atoms with Crippen LogP contribution in [0.25, 0.3) is 11.3 Å². The molecular formula is C24H17F3N6O3. The van der Waals surface area contributed by atoms with Gasteiger partial charge in [-0.25, -0.2) is 15.0 Å². The fraction of sp³-hybridized carbons (Fsp3) is 0.0833. The summed E-state index contributed by atoms with van der Waals surface area (Å²) < 4.78 is 39.3. The molecule has 0 spiro atoms. The van der Waals surface area contributed by atoms with Gasteiger partial charge in [-0.1, -0.05) is 6.07 Å². The van der Waals surface area contributed by atoms with E-state index in [1.54, 1.807) is 43.6 Å². The number of nitro groups is 1. The minimum atomic E-state index is -4.74. The van der Waals surface area contributed by atoms with Crippen LogP contribution in [0.1, 0.15) is 21.5 Å². The third kappa shape index (κ3) is 5.27. The zero-order valence-corrected chi connectivity index (χ0v) is 18.6. The van der Waals surface area contributed by atoms with Crippen molar-refractivity contribution in [1.29, 1.82) is 0 Å². The van der Waals surface area contributed by atoms with E-state index in [1.807, 2.05) is 0 Å². The van der Waals surface area contributed by atoms with Crippen molar-refractivity contribution in [2.75, 3.05) is 10.6 Å². The molecular weight excluding hydrogens is 477 g/mol. The van der Waals surface area contributed by atoms with Crippen molar-refractivity contribution < 1.29 is 22.9 Å². The molecule has 4 rings (SSSR count). The first-order valence-electron chi connectivity index (χ1n) is 10.4. The molecule has 0 fully saturated rings. The van der Waals surface area contributed by atoms with E-state index >= 15 is 0 Å². The van der Waals surface area contributed by atoms with Crippen LogP contribution >= 0.6 is 0 Å². The number of nitrogens with zero attached hydrogens (tertiary/aromatic N) is 4. The smallest absolute Gasteiger partial charge is 0.339 e. The van der Waals surface area contributed by atoms with Crippen molar-refractivity contribution >= 4 is 28.8 Å². The molecule has 2 heterocycles. The highest BCUT2D eigenvalue weighted by Crippen LogP contribution is 2.35. The van der Waals surface area contributed by atoms with E-state index in [4.69, 9.17) is 0 Å². The molecule has 36 heavy (non-hydrogen) atoms. The maximum atomic E-state index is 13.1.